The van der Waals surface area contributed by atoms with Crippen LogP contribution >= 0.6 is 15.9 Å². The van der Waals surface area contributed by atoms with Crippen molar-refractivity contribution in [2.24, 2.45) is 0 Å². The maximum atomic E-state index is 13.0. The van der Waals surface area contributed by atoms with E-state index in [0.29, 0.717) is 0 Å². The van der Waals surface area contributed by atoms with E-state index < -0.39 is 17.3 Å². The van der Waals surface area contributed by atoms with Crippen molar-refractivity contribution in [1.29, 1.82) is 5.26 Å². The lowest BCUT2D eigenvalue weighted by atomic mass is 10.1. The number of hydrogen-bond donors (Lipinski definition) is 1. The normalized spacial score (nSPS) is 9.31. The Morgan fingerprint density at radius 1 is 1.62 bits per heavy atom. The molecular weight excluding hydrogens is 241 g/mol. The van der Waals surface area contributed by atoms with Crippen LogP contribution in [0.2, 0.25) is 0 Å². The van der Waals surface area contributed by atoms with E-state index in [4.69, 9.17) is 10.4 Å². The molecule has 1 rings (SSSR count). The van der Waals surface area contributed by atoms with Crippen molar-refractivity contribution >= 4 is 21.9 Å². The Kier molecular flexibility index (Phi) is 2.63. The summed E-state index contributed by atoms with van der Waals surface area (Å²) in [6.45, 7) is 0. The third kappa shape index (κ3) is 1.84. The summed E-state index contributed by atoms with van der Waals surface area (Å²) in [4.78, 5) is 10.5. The van der Waals surface area contributed by atoms with Crippen LogP contribution in [0.15, 0.2) is 16.6 Å². The number of halogens is 2. The standard InChI is InChI=1S/C8H3BrFNO2/c9-6-2-4(3-11)1-5(7(6)10)8(12)13/h1-2H,(H,12,13). The van der Waals surface area contributed by atoms with Crippen LogP contribution in [0.4, 0.5) is 4.39 Å². The Labute approximate surface area is 81.5 Å². The summed E-state index contributed by atoms with van der Waals surface area (Å²) in [7, 11) is 0. The summed E-state index contributed by atoms with van der Waals surface area (Å²) in [5, 5.41) is 17.0. The van der Waals surface area contributed by atoms with E-state index in [9.17, 15) is 9.18 Å². The highest BCUT2D eigenvalue weighted by Crippen LogP contribution is 2.21. The molecule has 0 aliphatic carbocycles. The van der Waals surface area contributed by atoms with Gasteiger partial charge in [0.2, 0.25) is 0 Å². The molecule has 0 atom stereocenters. The minimum Gasteiger partial charge on any atom is -0.478 e. The molecule has 1 N–H and O–H groups in total. The van der Waals surface area contributed by atoms with Crippen molar-refractivity contribution in [2.75, 3.05) is 0 Å². The van der Waals surface area contributed by atoms with E-state index in [2.05, 4.69) is 15.9 Å². The van der Waals surface area contributed by atoms with Crippen LogP contribution in [-0.2, 0) is 0 Å². The van der Waals surface area contributed by atoms with Gasteiger partial charge in [-0.3, -0.25) is 0 Å². The zero-order valence-corrected chi connectivity index (χ0v) is 7.80. The van der Waals surface area contributed by atoms with Gasteiger partial charge in [0.1, 0.15) is 0 Å². The average molecular weight is 244 g/mol. The first-order chi connectivity index (χ1) is 6.06. The molecule has 0 heterocycles. The Bertz CT molecular complexity index is 411. The lowest BCUT2D eigenvalue weighted by molar-refractivity contribution is 0.0691. The van der Waals surface area contributed by atoms with Gasteiger partial charge in [-0.25, -0.2) is 9.18 Å². The average Bonchev–Trinajstić information content (AvgIpc) is 2.09. The van der Waals surface area contributed by atoms with Gasteiger partial charge in [0.25, 0.3) is 0 Å². The highest BCUT2D eigenvalue weighted by molar-refractivity contribution is 9.10. The smallest absolute Gasteiger partial charge is 0.338 e. The Morgan fingerprint density at radius 2 is 2.23 bits per heavy atom. The molecule has 0 amide bonds. The van der Waals surface area contributed by atoms with Gasteiger partial charge in [-0.15, -0.1) is 0 Å². The van der Waals surface area contributed by atoms with Crippen molar-refractivity contribution in [3.05, 3.63) is 33.5 Å². The molecule has 0 bridgehead atoms. The van der Waals surface area contributed by atoms with Gasteiger partial charge in [0.05, 0.1) is 21.7 Å². The van der Waals surface area contributed by atoms with Crippen molar-refractivity contribution in [3.8, 4) is 6.07 Å². The molecule has 5 heteroatoms. The van der Waals surface area contributed by atoms with Gasteiger partial charge in [0, 0.05) is 0 Å². The first kappa shape index (κ1) is 9.68. The predicted molar refractivity (Wildman–Crippen MR) is 45.8 cm³/mol. The second-order valence-electron chi connectivity index (χ2n) is 2.24. The summed E-state index contributed by atoms with van der Waals surface area (Å²) in [6.07, 6.45) is 0. The third-order valence-electron chi connectivity index (χ3n) is 1.39. The first-order valence-corrected chi connectivity index (χ1v) is 3.98. The van der Waals surface area contributed by atoms with Crippen LogP contribution in [0, 0.1) is 17.1 Å². The van der Waals surface area contributed by atoms with Gasteiger partial charge in [0.15, 0.2) is 5.82 Å². The molecule has 0 unspecified atom stereocenters. The second-order valence-corrected chi connectivity index (χ2v) is 3.09. The first-order valence-electron chi connectivity index (χ1n) is 3.18. The van der Waals surface area contributed by atoms with Gasteiger partial charge < -0.3 is 5.11 Å². The van der Waals surface area contributed by atoms with Crippen LogP contribution in [0.25, 0.3) is 0 Å². The SMILES string of the molecule is N#Cc1cc(Br)c(F)c(C(=O)O)c1. The number of benzene rings is 1. The van der Waals surface area contributed by atoms with E-state index in [-0.39, 0.29) is 10.0 Å². The number of nitrogens with zero attached hydrogens (tertiary/aromatic N) is 1. The molecule has 0 saturated carbocycles. The van der Waals surface area contributed by atoms with Crippen molar-refractivity contribution in [1.82, 2.24) is 0 Å². The summed E-state index contributed by atoms with van der Waals surface area (Å²) >= 11 is 2.82. The maximum absolute atomic E-state index is 13.0. The fraction of sp³-hybridized carbons (Fsp3) is 0. The molecule has 3 nitrogen and oxygen atoms in total. The molecule has 0 radical (unpaired) electrons. The monoisotopic (exact) mass is 243 g/mol. The van der Waals surface area contributed by atoms with Crippen LogP contribution in [-0.4, -0.2) is 11.1 Å². The van der Waals surface area contributed by atoms with Gasteiger partial charge in [-0.05, 0) is 28.1 Å². The fourth-order valence-electron chi connectivity index (χ4n) is 0.809. The lowest BCUT2D eigenvalue weighted by Gasteiger charge is -1.99. The van der Waals surface area contributed by atoms with E-state index in [0.717, 1.165) is 6.07 Å². The number of aromatic carboxylic acids is 1. The number of nitriles is 1. The lowest BCUT2D eigenvalue weighted by Crippen LogP contribution is -2.01. The van der Waals surface area contributed by atoms with Gasteiger partial charge >= 0.3 is 5.97 Å². The third-order valence-corrected chi connectivity index (χ3v) is 1.96. The number of carboxylic acid groups (broad SMARTS) is 1. The zero-order chi connectivity index (χ0) is 10.0. The predicted octanol–water partition coefficient (Wildman–Crippen LogP) is 2.16. The number of carboxylic acids is 1. The minimum absolute atomic E-state index is 0.0241. The number of carbonyl (C=O) groups is 1. The van der Waals surface area contributed by atoms with Crippen molar-refractivity contribution in [2.45, 2.75) is 0 Å². The largest absolute Gasteiger partial charge is 0.478 e. The fourth-order valence-corrected chi connectivity index (χ4v) is 1.27. The highest BCUT2D eigenvalue weighted by atomic mass is 79.9. The quantitative estimate of drug-likeness (QED) is 0.823. The molecule has 0 saturated heterocycles. The van der Waals surface area contributed by atoms with Crippen LogP contribution in [0.1, 0.15) is 15.9 Å². The van der Waals surface area contributed by atoms with Crippen LogP contribution < -0.4 is 0 Å². The number of rotatable bonds is 1. The van der Waals surface area contributed by atoms with Crippen LogP contribution in [0.3, 0.4) is 0 Å². The Balaban J connectivity index is 3.44. The van der Waals surface area contributed by atoms with E-state index >= 15 is 0 Å². The zero-order valence-electron chi connectivity index (χ0n) is 6.21. The molecule has 0 aliphatic heterocycles. The topological polar surface area (TPSA) is 61.1 Å². The van der Waals surface area contributed by atoms with E-state index in [1.165, 1.54) is 6.07 Å². The summed E-state index contributed by atoms with van der Waals surface area (Å²) in [6, 6.07) is 3.94. The second kappa shape index (κ2) is 3.54. The molecule has 0 aliphatic rings. The highest BCUT2D eigenvalue weighted by Gasteiger charge is 2.14. The van der Waals surface area contributed by atoms with E-state index in [1.807, 2.05) is 0 Å². The van der Waals surface area contributed by atoms with E-state index in [1.54, 1.807) is 6.07 Å². The molecule has 13 heavy (non-hydrogen) atoms. The number of hydrogen-bond acceptors (Lipinski definition) is 2. The molecular formula is C8H3BrFNO2. The maximum Gasteiger partial charge on any atom is 0.338 e. The van der Waals surface area contributed by atoms with Crippen LogP contribution in [0.5, 0.6) is 0 Å². The van der Waals surface area contributed by atoms with Gasteiger partial charge in [-0.1, -0.05) is 0 Å². The molecule has 0 spiro atoms. The van der Waals surface area contributed by atoms with Gasteiger partial charge in [-0.2, -0.15) is 5.26 Å². The molecule has 1 aromatic carbocycles. The molecule has 0 fully saturated rings. The van der Waals surface area contributed by atoms with Crippen molar-refractivity contribution < 1.29 is 14.3 Å². The Morgan fingerprint density at radius 3 is 2.69 bits per heavy atom. The summed E-state index contributed by atoms with van der Waals surface area (Å²) in [5.74, 6) is -2.26. The summed E-state index contributed by atoms with van der Waals surface area (Å²) in [5.41, 5.74) is -0.406. The minimum atomic E-state index is -1.39. The van der Waals surface area contributed by atoms with Crippen molar-refractivity contribution in [3.63, 3.8) is 0 Å². The molecule has 0 aromatic heterocycles. The Hall–Kier alpha value is -1.41. The molecule has 1 aromatic rings. The molecule has 66 valence electrons. The summed E-state index contributed by atoms with van der Waals surface area (Å²) < 4.78 is 13.0.